The van der Waals surface area contributed by atoms with Gasteiger partial charge in [0.05, 0.1) is 17.2 Å². The van der Waals surface area contributed by atoms with Crippen molar-refractivity contribution >= 4 is 39.1 Å². The normalized spacial score (nSPS) is 12.7. The quantitative estimate of drug-likeness (QED) is 0.242. The Balaban J connectivity index is 2.12. The lowest BCUT2D eigenvalue weighted by molar-refractivity contribution is -0.140. The van der Waals surface area contributed by atoms with Gasteiger partial charge in [0.1, 0.15) is 18.3 Å². The van der Waals surface area contributed by atoms with Gasteiger partial charge in [-0.05, 0) is 69.5 Å². The van der Waals surface area contributed by atoms with E-state index in [4.69, 9.17) is 16.3 Å². The highest BCUT2D eigenvalue weighted by Gasteiger charge is 2.35. The minimum atomic E-state index is -4.22. The molecule has 10 heteroatoms. The molecular formula is C32H40ClN3O5S. The highest BCUT2D eigenvalue weighted by molar-refractivity contribution is 7.92. The fourth-order valence-electron chi connectivity index (χ4n) is 4.46. The molecule has 2 atom stereocenters. The third-order valence-electron chi connectivity index (χ3n) is 7.01. The van der Waals surface area contributed by atoms with Crippen molar-refractivity contribution in [1.82, 2.24) is 10.2 Å². The smallest absolute Gasteiger partial charge is 0.264 e. The molecule has 42 heavy (non-hydrogen) atoms. The van der Waals surface area contributed by atoms with Crippen LogP contribution in [-0.2, 0) is 26.2 Å². The molecule has 3 rings (SSSR count). The first-order chi connectivity index (χ1) is 20.0. The summed E-state index contributed by atoms with van der Waals surface area (Å²) in [5.41, 5.74) is 1.77. The van der Waals surface area contributed by atoms with E-state index in [0.717, 1.165) is 16.3 Å². The summed E-state index contributed by atoms with van der Waals surface area (Å²) in [4.78, 5) is 29.1. The van der Waals surface area contributed by atoms with E-state index in [0.29, 0.717) is 29.4 Å². The van der Waals surface area contributed by atoms with Gasteiger partial charge >= 0.3 is 0 Å². The van der Waals surface area contributed by atoms with Crippen LogP contribution in [0.5, 0.6) is 5.75 Å². The van der Waals surface area contributed by atoms with Crippen LogP contribution in [0, 0.1) is 6.92 Å². The Morgan fingerprint density at radius 2 is 1.57 bits per heavy atom. The number of para-hydroxylation sites is 2. The summed E-state index contributed by atoms with van der Waals surface area (Å²) in [6.07, 6.45) is 1.04. The van der Waals surface area contributed by atoms with Crippen LogP contribution in [0.25, 0.3) is 0 Å². The molecule has 1 N–H and O–H groups in total. The van der Waals surface area contributed by atoms with E-state index in [1.54, 1.807) is 67.6 Å². The minimum Gasteiger partial charge on any atom is -0.492 e. The SMILES string of the molecule is CCOc1ccccc1N(CC(=O)N(Cc1ccccc1Cl)[C@@H](CC)C(=O)N[C@H](C)CC)S(=O)(=O)c1ccc(C)cc1. The fourth-order valence-corrected chi connectivity index (χ4v) is 6.08. The number of carbonyl (C=O) groups is 2. The molecule has 0 spiro atoms. The molecule has 0 saturated heterocycles. The molecule has 0 aliphatic rings. The summed E-state index contributed by atoms with van der Waals surface area (Å²) in [5, 5.41) is 3.41. The Labute approximate surface area is 254 Å². The molecule has 3 aromatic carbocycles. The molecule has 0 heterocycles. The summed E-state index contributed by atoms with van der Waals surface area (Å²) in [5.74, 6) is -0.541. The predicted octanol–water partition coefficient (Wildman–Crippen LogP) is 5.96. The largest absolute Gasteiger partial charge is 0.492 e. The van der Waals surface area contributed by atoms with Crippen molar-refractivity contribution < 1.29 is 22.7 Å². The van der Waals surface area contributed by atoms with Gasteiger partial charge in [-0.3, -0.25) is 13.9 Å². The number of ether oxygens (including phenoxy) is 1. The highest BCUT2D eigenvalue weighted by Crippen LogP contribution is 2.33. The number of benzene rings is 3. The monoisotopic (exact) mass is 613 g/mol. The van der Waals surface area contributed by atoms with E-state index in [1.807, 2.05) is 27.7 Å². The minimum absolute atomic E-state index is 0.0243. The number of anilines is 1. The number of amides is 2. The number of rotatable bonds is 14. The van der Waals surface area contributed by atoms with E-state index in [2.05, 4.69) is 5.32 Å². The number of halogens is 1. The average Bonchev–Trinajstić information content (AvgIpc) is 2.97. The van der Waals surface area contributed by atoms with Crippen LogP contribution < -0.4 is 14.4 Å². The van der Waals surface area contributed by atoms with E-state index in [9.17, 15) is 18.0 Å². The van der Waals surface area contributed by atoms with Crippen molar-refractivity contribution in [3.8, 4) is 5.75 Å². The Morgan fingerprint density at radius 3 is 2.19 bits per heavy atom. The lowest BCUT2D eigenvalue weighted by atomic mass is 10.1. The maximum atomic E-state index is 14.3. The van der Waals surface area contributed by atoms with Crippen molar-refractivity contribution in [2.75, 3.05) is 17.5 Å². The molecule has 0 aliphatic carbocycles. The third-order valence-corrected chi connectivity index (χ3v) is 9.15. The Morgan fingerprint density at radius 1 is 0.929 bits per heavy atom. The van der Waals surface area contributed by atoms with Gasteiger partial charge < -0.3 is 15.0 Å². The number of hydrogen-bond donors (Lipinski definition) is 1. The lowest BCUT2D eigenvalue weighted by Gasteiger charge is -2.34. The molecule has 0 saturated carbocycles. The van der Waals surface area contributed by atoms with Crippen LogP contribution in [-0.4, -0.2) is 50.4 Å². The zero-order valence-corrected chi connectivity index (χ0v) is 26.4. The molecule has 8 nitrogen and oxygen atoms in total. The van der Waals surface area contributed by atoms with Crippen molar-refractivity contribution in [1.29, 1.82) is 0 Å². The van der Waals surface area contributed by atoms with Gasteiger partial charge in [0.2, 0.25) is 11.8 Å². The van der Waals surface area contributed by atoms with E-state index < -0.39 is 28.5 Å². The topological polar surface area (TPSA) is 96.0 Å². The van der Waals surface area contributed by atoms with Gasteiger partial charge in [0, 0.05) is 17.6 Å². The molecule has 0 aromatic heterocycles. The molecule has 2 amide bonds. The first-order valence-electron chi connectivity index (χ1n) is 14.2. The van der Waals surface area contributed by atoms with Gasteiger partial charge in [0.25, 0.3) is 10.0 Å². The highest BCUT2D eigenvalue weighted by atomic mass is 35.5. The molecule has 0 bridgehead atoms. The maximum absolute atomic E-state index is 14.3. The number of nitrogens with one attached hydrogen (secondary N) is 1. The third kappa shape index (κ3) is 8.04. The van der Waals surface area contributed by atoms with Crippen molar-refractivity contribution in [3.05, 3.63) is 88.9 Å². The summed E-state index contributed by atoms with van der Waals surface area (Å²) in [6.45, 7) is 9.11. The second-order valence-corrected chi connectivity index (χ2v) is 12.3. The predicted molar refractivity (Wildman–Crippen MR) is 167 cm³/mol. The molecular weight excluding hydrogens is 574 g/mol. The van der Waals surface area contributed by atoms with Crippen LogP contribution >= 0.6 is 11.6 Å². The fraction of sp³-hybridized carbons (Fsp3) is 0.375. The zero-order chi connectivity index (χ0) is 30.9. The van der Waals surface area contributed by atoms with Crippen LogP contribution in [0.2, 0.25) is 5.02 Å². The van der Waals surface area contributed by atoms with Gasteiger partial charge in [-0.1, -0.05) is 73.5 Å². The van der Waals surface area contributed by atoms with Crippen LogP contribution in [0.15, 0.2) is 77.7 Å². The van der Waals surface area contributed by atoms with Crippen molar-refractivity contribution in [2.45, 2.75) is 71.0 Å². The molecule has 0 radical (unpaired) electrons. The van der Waals surface area contributed by atoms with Crippen LogP contribution in [0.4, 0.5) is 5.69 Å². The zero-order valence-electron chi connectivity index (χ0n) is 24.8. The number of sulfonamides is 1. The second kappa shape index (κ2) is 15.1. The summed E-state index contributed by atoms with van der Waals surface area (Å²) < 4.78 is 35.1. The van der Waals surface area contributed by atoms with E-state index in [1.165, 1.54) is 17.0 Å². The lowest BCUT2D eigenvalue weighted by Crippen LogP contribution is -2.53. The first-order valence-corrected chi connectivity index (χ1v) is 16.0. The average molecular weight is 614 g/mol. The molecule has 0 unspecified atom stereocenters. The van der Waals surface area contributed by atoms with E-state index in [-0.39, 0.29) is 29.1 Å². The number of hydrogen-bond acceptors (Lipinski definition) is 5. The first kappa shape index (κ1) is 32.9. The molecule has 3 aromatic rings. The Bertz CT molecular complexity index is 1460. The van der Waals surface area contributed by atoms with E-state index >= 15 is 0 Å². The Hall–Kier alpha value is -3.56. The van der Waals surface area contributed by atoms with Gasteiger partial charge in [-0.25, -0.2) is 8.42 Å². The van der Waals surface area contributed by atoms with Gasteiger partial charge in [0.15, 0.2) is 0 Å². The van der Waals surface area contributed by atoms with Crippen LogP contribution in [0.3, 0.4) is 0 Å². The van der Waals surface area contributed by atoms with Gasteiger partial charge in [-0.15, -0.1) is 0 Å². The molecule has 0 aliphatic heterocycles. The van der Waals surface area contributed by atoms with Crippen molar-refractivity contribution in [2.24, 2.45) is 0 Å². The number of aryl methyl sites for hydroxylation is 1. The van der Waals surface area contributed by atoms with Crippen LogP contribution in [0.1, 0.15) is 51.7 Å². The summed E-state index contributed by atoms with van der Waals surface area (Å²) in [7, 11) is -4.22. The summed E-state index contributed by atoms with van der Waals surface area (Å²) in [6, 6.07) is 19.3. The number of carbonyl (C=O) groups excluding carboxylic acids is 2. The number of nitrogens with zero attached hydrogens (tertiary/aromatic N) is 2. The second-order valence-electron chi connectivity index (χ2n) is 10.1. The van der Waals surface area contributed by atoms with Crippen molar-refractivity contribution in [3.63, 3.8) is 0 Å². The summed E-state index contributed by atoms with van der Waals surface area (Å²) >= 11 is 6.47. The molecule has 0 fully saturated rings. The Kier molecular flexibility index (Phi) is 11.8. The molecule has 226 valence electrons. The standard InChI is InChI=1S/C32H40ClN3O5S/c1-6-24(5)34-32(38)28(7-2)35(21-25-13-9-10-14-27(25)33)31(37)22-36(29-15-11-12-16-30(29)41-8-3)42(39,40)26-19-17-23(4)18-20-26/h9-20,24,28H,6-8,21-22H2,1-5H3,(H,34,38)/t24-,28+/m1/s1. The van der Waals surface area contributed by atoms with Gasteiger partial charge in [-0.2, -0.15) is 0 Å². The maximum Gasteiger partial charge on any atom is 0.264 e.